The van der Waals surface area contributed by atoms with Crippen molar-refractivity contribution in [3.05, 3.63) is 71.8 Å². The average molecular weight is 344 g/mol. The molecule has 2 aromatic rings. The fraction of sp³-hybridized carbons (Fsp3) is 0.188. The maximum Gasteiger partial charge on any atom is 0.343 e. The largest absolute Gasteiger partial charge is 0.346 e. The van der Waals surface area contributed by atoms with E-state index >= 15 is 0 Å². The van der Waals surface area contributed by atoms with E-state index in [0.29, 0.717) is 0 Å². The van der Waals surface area contributed by atoms with Crippen LogP contribution >= 0.6 is 35.1 Å². The van der Waals surface area contributed by atoms with Gasteiger partial charge in [0.25, 0.3) is 0 Å². The highest BCUT2D eigenvalue weighted by Gasteiger charge is 2.34. The molecule has 2 nitrogen and oxygen atoms in total. The van der Waals surface area contributed by atoms with E-state index in [-0.39, 0.29) is 5.92 Å². The van der Waals surface area contributed by atoms with Gasteiger partial charge in [0.05, 0.1) is 5.38 Å². The standard InChI is InChI=1S/C16H13Cl3O2/c17-14(15(18)16(20)21-19)13(11-7-3-1-4-8-11)12-9-5-2-6-10-12/h1-10,13-15H. The van der Waals surface area contributed by atoms with Gasteiger partial charge in [-0.2, -0.15) is 0 Å². The molecule has 21 heavy (non-hydrogen) atoms. The van der Waals surface area contributed by atoms with Crippen molar-refractivity contribution in [1.82, 2.24) is 0 Å². The number of alkyl halides is 2. The monoisotopic (exact) mass is 342 g/mol. The molecule has 0 aliphatic heterocycles. The minimum absolute atomic E-state index is 0.243. The van der Waals surface area contributed by atoms with Gasteiger partial charge in [-0.25, -0.2) is 4.79 Å². The number of rotatable bonds is 5. The Morgan fingerprint density at radius 1 is 0.857 bits per heavy atom. The Balaban J connectivity index is 2.40. The van der Waals surface area contributed by atoms with Crippen molar-refractivity contribution in [2.75, 3.05) is 0 Å². The number of hydrogen-bond acceptors (Lipinski definition) is 2. The zero-order valence-corrected chi connectivity index (χ0v) is 13.2. The third-order valence-electron chi connectivity index (χ3n) is 3.22. The summed E-state index contributed by atoms with van der Waals surface area (Å²) >= 11 is 17.6. The Morgan fingerprint density at radius 2 is 1.29 bits per heavy atom. The van der Waals surface area contributed by atoms with Gasteiger partial charge in [0.15, 0.2) is 0 Å². The molecule has 0 radical (unpaired) electrons. The molecular formula is C16H13Cl3O2. The van der Waals surface area contributed by atoms with E-state index in [1.54, 1.807) is 0 Å². The topological polar surface area (TPSA) is 26.3 Å². The number of benzene rings is 2. The molecule has 2 aromatic carbocycles. The first-order chi connectivity index (χ1) is 10.1. The van der Waals surface area contributed by atoms with Crippen LogP contribution in [0.1, 0.15) is 17.0 Å². The number of hydrogen-bond donors (Lipinski definition) is 0. The lowest BCUT2D eigenvalue weighted by Crippen LogP contribution is -2.31. The van der Waals surface area contributed by atoms with Crippen LogP contribution in [0.3, 0.4) is 0 Å². The van der Waals surface area contributed by atoms with Crippen LogP contribution in [0.15, 0.2) is 60.7 Å². The van der Waals surface area contributed by atoms with E-state index < -0.39 is 16.7 Å². The molecule has 2 atom stereocenters. The highest BCUT2D eigenvalue weighted by molar-refractivity contribution is 6.38. The molecule has 2 rings (SSSR count). The van der Waals surface area contributed by atoms with E-state index in [9.17, 15) is 4.79 Å². The number of carbonyl (C=O) groups is 1. The van der Waals surface area contributed by atoms with Crippen LogP contribution in [0.25, 0.3) is 0 Å². The zero-order chi connectivity index (χ0) is 15.2. The molecule has 5 heteroatoms. The van der Waals surface area contributed by atoms with Gasteiger partial charge in [-0.15, -0.1) is 23.2 Å². The van der Waals surface area contributed by atoms with E-state index in [4.69, 9.17) is 35.1 Å². The molecule has 0 amide bonds. The molecule has 2 unspecified atom stereocenters. The Hall–Kier alpha value is -1.22. The first kappa shape index (κ1) is 16.2. The third kappa shape index (κ3) is 3.91. The predicted octanol–water partition coefficient (Wildman–Crippen LogP) is 4.73. The summed E-state index contributed by atoms with van der Waals surface area (Å²) in [4.78, 5) is 11.5. The summed E-state index contributed by atoms with van der Waals surface area (Å²) in [6.07, 6.45) is 0. The van der Waals surface area contributed by atoms with Gasteiger partial charge in [-0.3, -0.25) is 0 Å². The average Bonchev–Trinajstić information content (AvgIpc) is 2.55. The molecule has 0 heterocycles. The van der Waals surface area contributed by atoms with Crippen LogP contribution < -0.4 is 0 Å². The Bertz CT molecular complexity index is 535. The van der Waals surface area contributed by atoms with Gasteiger partial charge in [0, 0.05) is 5.92 Å². The van der Waals surface area contributed by atoms with E-state index in [1.165, 1.54) is 0 Å². The predicted molar refractivity (Wildman–Crippen MR) is 86.0 cm³/mol. The van der Waals surface area contributed by atoms with Crippen molar-refractivity contribution in [1.29, 1.82) is 0 Å². The van der Waals surface area contributed by atoms with Crippen LogP contribution in [-0.2, 0) is 9.08 Å². The Morgan fingerprint density at radius 3 is 1.67 bits per heavy atom. The van der Waals surface area contributed by atoms with Crippen molar-refractivity contribution in [2.24, 2.45) is 0 Å². The fourth-order valence-corrected chi connectivity index (χ4v) is 2.95. The first-order valence-corrected chi connectivity index (χ1v) is 7.53. The fourth-order valence-electron chi connectivity index (χ4n) is 2.22. The molecule has 0 aliphatic rings. The molecule has 0 bridgehead atoms. The second-order valence-corrected chi connectivity index (χ2v) is 5.67. The molecule has 0 aliphatic carbocycles. The summed E-state index contributed by atoms with van der Waals surface area (Å²) in [5, 5.41) is -1.74. The van der Waals surface area contributed by atoms with Crippen molar-refractivity contribution in [3.63, 3.8) is 0 Å². The van der Waals surface area contributed by atoms with Gasteiger partial charge < -0.3 is 4.29 Å². The van der Waals surface area contributed by atoms with Crippen LogP contribution in [0.2, 0.25) is 0 Å². The lowest BCUT2D eigenvalue weighted by Gasteiger charge is -2.25. The van der Waals surface area contributed by atoms with Crippen LogP contribution in [0, 0.1) is 0 Å². The van der Waals surface area contributed by atoms with E-state index in [0.717, 1.165) is 11.1 Å². The van der Waals surface area contributed by atoms with E-state index in [2.05, 4.69) is 4.29 Å². The number of carbonyl (C=O) groups excluding carboxylic acids is 1. The summed E-state index contributed by atoms with van der Waals surface area (Å²) in [6, 6.07) is 19.3. The molecule has 0 N–H and O–H groups in total. The third-order valence-corrected chi connectivity index (χ3v) is 4.45. The molecule has 0 aromatic heterocycles. The van der Waals surface area contributed by atoms with Crippen molar-refractivity contribution in [2.45, 2.75) is 16.7 Å². The second-order valence-electron chi connectivity index (χ2n) is 4.54. The van der Waals surface area contributed by atoms with E-state index in [1.807, 2.05) is 60.7 Å². The summed E-state index contributed by atoms with van der Waals surface area (Å²) < 4.78 is 4.17. The molecular weight excluding hydrogens is 331 g/mol. The van der Waals surface area contributed by atoms with Crippen LogP contribution in [0.4, 0.5) is 0 Å². The maximum absolute atomic E-state index is 11.5. The molecule has 0 saturated heterocycles. The quantitative estimate of drug-likeness (QED) is 0.734. The second kappa shape index (κ2) is 7.69. The van der Waals surface area contributed by atoms with Crippen LogP contribution in [-0.4, -0.2) is 16.7 Å². The van der Waals surface area contributed by atoms with Gasteiger partial charge in [0.2, 0.25) is 0 Å². The van der Waals surface area contributed by atoms with Crippen molar-refractivity contribution < 1.29 is 9.08 Å². The summed E-state index contributed by atoms with van der Waals surface area (Å²) in [5.41, 5.74) is 1.94. The first-order valence-electron chi connectivity index (χ1n) is 6.35. The Labute approximate surface area is 138 Å². The molecule has 0 fully saturated rings. The maximum atomic E-state index is 11.5. The van der Waals surface area contributed by atoms with Crippen molar-refractivity contribution >= 4 is 41.0 Å². The highest BCUT2D eigenvalue weighted by Crippen LogP contribution is 2.35. The lowest BCUT2D eigenvalue weighted by molar-refractivity contribution is -0.133. The molecule has 110 valence electrons. The molecule has 0 spiro atoms. The van der Waals surface area contributed by atoms with Gasteiger partial charge >= 0.3 is 5.97 Å². The van der Waals surface area contributed by atoms with Gasteiger partial charge in [-0.05, 0) is 11.1 Å². The summed E-state index contributed by atoms with van der Waals surface area (Å²) in [6.45, 7) is 0. The minimum Gasteiger partial charge on any atom is -0.346 e. The SMILES string of the molecule is O=C(OCl)C(Cl)C(Cl)C(c1ccccc1)c1ccccc1. The van der Waals surface area contributed by atoms with Crippen molar-refractivity contribution in [3.8, 4) is 0 Å². The molecule has 0 saturated carbocycles. The normalized spacial score (nSPS) is 13.7. The van der Waals surface area contributed by atoms with Gasteiger partial charge in [0.1, 0.15) is 17.2 Å². The highest BCUT2D eigenvalue weighted by atomic mass is 35.5. The van der Waals surface area contributed by atoms with Crippen LogP contribution in [0.5, 0.6) is 0 Å². The summed E-state index contributed by atoms with van der Waals surface area (Å²) in [5.74, 6) is -0.998. The Kier molecular flexibility index (Phi) is 5.92. The zero-order valence-electron chi connectivity index (χ0n) is 11.0. The summed E-state index contributed by atoms with van der Waals surface area (Å²) in [7, 11) is 0. The smallest absolute Gasteiger partial charge is 0.343 e. The number of halogens is 3. The minimum atomic E-state index is -1.05. The van der Waals surface area contributed by atoms with Gasteiger partial charge in [-0.1, -0.05) is 60.7 Å². The lowest BCUT2D eigenvalue weighted by atomic mass is 9.87.